The van der Waals surface area contributed by atoms with E-state index >= 15 is 0 Å². The van der Waals surface area contributed by atoms with Gasteiger partial charge in [-0.05, 0) is 44.9 Å². The number of nitrogens with zero attached hydrogens (tertiary/aromatic N) is 2. The van der Waals surface area contributed by atoms with E-state index in [9.17, 15) is 0 Å². The third kappa shape index (κ3) is 4.83. The fraction of sp³-hybridized carbons (Fsp3) is 0.688. The summed E-state index contributed by atoms with van der Waals surface area (Å²) >= 11 is 0. The quantitative estimate of drug-likeness (QED) is 0.816. The van der Waals surface area contributed by atoms with Crippen LogP contribution in [0.4, 0.5) is 5.82 Å². The van der Waals surface area contributed by atoms with Crippen molar-refractivity contribution in [1.82, 2.24) is 10.3 Å². The molecule has 3 heteroatoms. The summed E-state index contributed by atoms with van der Waals surface area (Å²) in [4.78, 5) is 7.08. The molecule has 0 aromatic carbocycles. The zero-order chi connectivity index (χ0) is 14.4. The largest absolute Gasteiger partial charge is 0.354 e. The molecule has 0 saturated heterocycles. The van der Waals surface area contributed by atoms with E-state index in [2.05, 4.69) is 63.9 Å². The summed E-state index contributed by atoms with van der Waals surface area (Å²) in [7, 11) is 0. The van der Waals surface area contributed by atoms with Crippen LogP contribution in [-0.2, 0) is 6.54 Å². The minimum Gasteiger partial charge on any atom is -0.354 e. The van der Waals surface area contributed by atoms with Crippen LogP contribution in [0.5, 0.6) is 0 Å². The molecule has 1 unspecified atom stereocenters. The van der Waals surface area contributed by atoms with Crippen LogP contribution in [0.1, 0.15) is 52.3 Å². The standard InChI is InChI=1S/C16H29N3/c1-7-14(6)19(8-2)16-10-15(9-13(5)18-16)11-17-12(3)4/h9-10,12,14,17H,7-8,11H2,1-6H3. The Morgan fingerprint density at radius 3 is 2.42 bits per heavy atom. The second-order valence-electron chi connectivity index (χ2n) is 5.55. The molecule has 0 aliphatic heterocycles. The first-order valence-corrected chi connectivity index (χ1v) is 7.45. The Bertz CT molecular complexity index is 388. The zero-order valence-electron chi connectivity index (χ0n) is 13.3. The molecule has 1 atom stereocenters. The van der Waals surface area contributed by atoms with Crippen LogP contribution in [0.25, 0.3) is 0 Å². The molecule has 1 N–H and O–H groups in total. The number of nitrogens with one attached hydrogen (secondary N) is 1. The predicted molar refractivity (Wildman–Crippen MR) is 83.7 cm³/mol. The molecule has 0 aliphatic carbocycles. The Balaban J connectivity index is 2.94. The fourth-order valence-corrected chi connectivity index (χ4v) is 2.21. The van der Waals surface area contributed by atoms with Gasteiger partial charge in [-0.3, -0.25) is 0 Å². The first-order chi connectivity index (χ1) is 8.97. The summed E-state index contributed by atoms with van der Waals surface area (Å²) in [5, 5.41) is 3.47. The second kappa shape index (κ2) is 7.49. The number of hydrogen-bond acceptors (Lipinski definition) is 3. The Hall–Kier alpha value is -1.09. The molecule has 3 nitrogen and oxygen atoms in total. The van der Waals surface area contributed by atoms with E-state index in [0.29, 0.717) is 12.1 Å². The van der Waals surface area contributed by atoms with Gasteiger partial charge in [-0.25, -0.2) is 4.98 Å². The Kier molecular flexibility index (Phi) is 6.29. The van der Waals surface area contributed by atoms with Crippen molar-refractivity contribution in [2.75, 3.05) is 11.4 Å². The average molecular weight is 263 g/mol. The summed E-state index contributed by atoms with van der Waals surface area (Å²) in [6.45, 7) is 15.0. The van der Waals surface area contributed by atoms with E-state index in [1.165, 1.54) is 5.56 Å². The highest BCUT2D eigenvalue weighted by Crippen LogP contribution is 2.18. The smallest absolute Gasteiger partial charge is 0.129 e. The highest BCUT2D eigenvalue weighted by molar-refractivity contribution is 5.43. The van der Waals surface area contributed by atoms with Gasteiger partial charge in [-0.1, -0.05) is 20.8 Å². The summed E-state index contributed by atoms with van der Waals surface area (Å²) in [5.41, 5.74) is 2.41. The van der Waals surface area contributed by atoms with Gasteiger partial charge in [0.1, 0.15) is 5.82 Å². The van der Waals surface area contributed by atoms with Gasteiger partial charge in [-0.2, -0.15) is 0 Å². The van der Waals surface area contributed by atoms with Crippen LogP contribution in [-0.4, -0.2) is 23.6 Å². The van der Waals surface area contributed by atoms with Crippen molar-refractivity contribution in [3.63, 3.8) is 0 Å². The molecule has 0 saturated carbocycles. The highest BCUT2D eigenvalue weighted by Gasteiger charge is 2.13. The van der Waals surface area contributed by atoms with Crippen molar-refractivity contribution in [3.05, 3.63) is 23.4 Å². The molecule has 1 aromatic rings. The summed E-state index contributed by atoms with van der Waals surface area (Å²) < 4.78 is 0. The number of anilines is 1. The molecule has 1 rings (SSSR count). The lowest BCUT2D eigenvalue weighted by atomic mass is 10.1. The number of hydrogen-bond donors (Lipinski definition) is 1. The van der Waals surface area contributed by atoms with Crippen LogP contribution in [0.15, 0.2) is 12.1 Å². The summed E-state index contributed by atoms with van der Waals surface area (Å²) in [6.07, 6.45) is 1.14. The monoisotopic (exact) mass is 263 g/mol. The molecular formula is C16H29N3. The minimum atomic E-state index is 0.508. The number of rotatable bonds is 7. The number of aromatic nitrogens is 1. The van der Waals surface area contributed by atoms with Gasteiger partial charge in [0.15, 0.2) is 0 Å². The summed E-state index contributed by atoms with van der Waals surface area (Å²) in [5.74, 6) is 1.11. The summed E-state index contributed by atoms with van der Waals surface area (Å²) in [6, 6.07) is 5.43. The van der Waals surface area contributed by atoms with Gasteiger partial charge >= 0.3 is 0 Å². The third-order valence-electron chi connectivity index (χ3n) is 3.47. The molecule has 0 amide bonds. The maximum Gasteiger partial charge on any atom is 0.129 e. The lowest BCUT2D eigenvalue weighted by molar-refractivity contribution is 0.586. The fourth-order valence-electron chi connectivity index (χ4n) is 2.21. The van der Waals surface area contributed by atoms with Gasteiger partial charge in [0.05, 0.1) is 0 Å². The molecule has 0 bridgehead atoms. The van der Waals surface area contributed by atoms with E-state index < -0.39 is 0 Å². The van der Waals surface area contributed by atoms with E-state index in [0.717, 1.165) is 31.0 Å². The predicted octanol–water partition coefficient (Wildman–Crippen LogP) is 3.51. The molecule has 1 aromatic heterocycles. The van der Waals surface area contributed by atoms with Crippen LogP contribution in [0.2, 0.25) is 0 Å². The van der Waals surface area contributed by atoms with Gasteiger partial charge in [0.25, 0.3) is 0 Å². The lowest BCUT2D eigenvalue weighted by Gasteiger charge is -2.29. The van der Waals surface area contributed by atoms with Crippen LogP contribution >= 0.6 is 0 Å². The van der Waals surface area contributed by atoms with Crippen molar-refractivity contribution in [3.8, 4) is 0 Å². The van der Waals surface area contributed by atoms with Crippen molar-refractivity contribution in [1.29, 1.82) is 0 Å². The molecule has 0 aliphatic rings. The molecule has 1 heterocycles. The maximum atomic E-state index is 4.70. The molecule has 108 valence electrons. The second-order valence-corrected chi connectivity index (χ2v) is 5.55. The molecular weight excluding hydrogens is 234 g/mol. The number of aryl methyl sites for hydroxylation is 1. The SMILES string of the molecule is CCC(C)N(CC)c1cc(CNC(C)C)cc(C)n1. The first-order valence-electron chi connectivity index (χ1n) is 7.45. The third-order valence-corrected chi connectivity index (χ3v) is 3.47. The van der Waals surface area contributed by atoms with Gasteiger partial charge in [0, 0.05) is 30.9 Å². The normalized spacial score (nSPS) is 12.8. The number of pyridine rings is 1. The minimum absolute atomic E-state index is 0.508. The maximum absolute atomic E-state index is 4.70. The topological polar surface area (TPSA) is 28.2 Å². The van der Waals surface area contributed by atoms with Crippen LogP contribution < -0.4 is 10.2 Å². The Morgan fingerprint density at radius 1 is 1.21 bits per heavy atom. The van der Waals surface area contributed by atoms with Crippen LogP contribution in [0, 0.1) is 6.92 Å². The van der Waals surface area contributed by atoms with Crippen LogP contribution in [0.3, 0.4) is 0 Å². The van der Waals surface area contributed by atoms with E-state index in [1.807, 2.05) is 0 Å². The average Bonchev–Trinajstić information content (AvgIpc) is 2.36. The first kappa shape index (κ1) is 16.0. The molecule has 0 spiro atoms. The molecule has 0 radical (unpaired) electrons. The van der Waals surface area contributed by atoms with E-state index in [1.54, 1.807) is 0 Å². The lowest BCUT2D eigenvalue weighted by Crippen LogP contribution is -2.33. The van der Waals surface area contributed by atoms with Crippen molar-refractivity contribution >= 4 is 5.82 Å². The van der Waals surface area contributed by atoms with Gasteiger partial charge in [0.2, 0.25) is 0 Å². The Labute approximate surface area is 118 Å². The van der Waals surface area contributed by atoms with Crippen molar-refractivity contribution in [2.45, 2.75) is 66.6 Å². The van der Waals surface area contributed by atoms with Gasteiger partial charge in [-0.15, -0.1) is 0 Å². The van der Waals surface area contributed by atoms with Crippen molar-refractivity contribution in [2.24, 2.45) is 0 Å². The molecule has 19 heavy (non-hydrogen) atoms. The zero-order valence-corrected chi connectivity index (χ0v) is 13.3. The van der Waals surface area contributed by atoms with E-state index in [-0.39, 0.29) is 0 Å². The van der Waals surface area contributed by atoms with E-state index in [4.69, 9.17) is 4.98 Å². The van der Waals surface area contributed by atoms with Crippen molar-refractivity contribution < 1.29 is 0 Å². The molecule has 0 fully saturated rings. The van der Waals surface area contributed by atoms with Gasteiger partial charge < -0.3 is 10.2 Å². The highest BCUT2D eigenvalue weighted by atomic mass is 15.2. The Morgan fingerprint density at radius 2 is 1.89 bits per heavy atom.